The van der Waals surface area contributed by atoms with Gasteiger partial charge in [-0.05, 0) is 51.0 Å². The predicted molar refractivity (Wildman–Crippen MR) is 69.4 cm³/mol. The Labute approximate surface area is 101 Å². The highest BCUT2D eigenvalue weighted by Crippen LogP contribution is 2.29. The van der Waals surface area contributed by atoms with E-state index >= 15 is 0 Å². The Bertz CT molecular complexity index is 215. The second kappa shape index (κ2) is 5.50. The third-order valence-electron chi connectivity index (χ3n) is 4.74. The van der Waals surface area contributed by atoms with Crippen molar-refractivity contribution in [1.29, 1.82) is 0 Å². The quantitative estimate of drug-likeness (QED) is 0.731. The van der Waals surface area contributed by atoms with E-state index in [1.807, 2.05) is 0 Å². The van der Waals surface area contributed by atoms with E-state index in [0.717, 1.165) is 17.9 Å². The molecule has 1 saturated heterocycles. The largest absolute Gasteiger partial charge is 0.328 e. The van der Waals surface area contributed by atoms with Crippen LogP contribution >= 0.6 is 0 Å². The Morgan fingerprint density at radius 2 is 1.94 bits per heavy atom. The fraction of sp³-hybridized carbons (Fsp3) is 1.00. The van der Waals surface area contributed by atoms with Gasteiger partial charge >= 0.3 is 0 Å². The molecule has 2 rings (SSSR count). The Kier molecular flexibility index (Phi) is 4.26. The maximum atomic E-state index is 6.02. The van der Waals surface area contributed by atoms with Gasteiger partial charge in [-0.1, -0.05) is 19.8 Å². The zero-order valence-electron chi connectivity index (χ0n) is 11.0. The molecule has 0 aromatic rings. The van der Waals surface area contributed by atoms with Gasteiger partial charge in [-0.2, -0.15) is 0 Å². The van der Waals surface area contributed by atoms with E-state index in [1.165, 1.54) is 51.6 Å². The minimum atomic E-state index is 0.384. The number of nitrogens with two attached hydrogens (primary N) is 1. The number of rotatable bonds is 2. The molecular weight excluding hydrogens is 196 g/mol. The van der Waals surface area contributed by atoms with Crippen molar-refractivity contribution in [1.82, 2.24) is 4.90 Å². The third-order valence-corrected chi connectivity index (χ3v) is 4.74. The molecule has 1 saturated carbocycles. The highest BCUT2D eigenvalue weighted by molar-refractivity contribution is 4.86. The van der Waals surface area contributed by atoms with Crippen molar-refractivity contribution in [3.05, 3.63) is 0 Å². The van der Waals surface area contributed by atoms with Crippen molar-refractivity contribution in [3.8, 4) is 0 Å². The average molecular weight is 224 g/mol. The molecule has 2 N–H and O–H groups in total. The van der Waals surface area contributed by atoms with Crippen molar-refractivity contribution in [2.24, 2.45) is 17.6 Å². The summed E-state index contributed by atoms with van der Waals surface area (Å²) in [4.78, 5) is 2.73. The highest BCUT2D eigenvalue weighted by Gasteiger charge is 2.30. The smallest absolute Gasteiger partial charge is 0.00954 e. The van der Waals surface area contributed by atoms with Crippen LogP contribution in [0.5, 0.6) is 0 Å². The van der Waals surface area contributed by atoms with Crippen molar-refractivity contribution < 1.29 is 0 Å². The molecule has 1 heterocycles. The van der Waals surface area contributed by atoms with Crippen LogP contribution in [-0.4, -0.2) is 30.1 Å². The molecule has 94 valence electrons. The molecule has 2 fully saturated rings. The van der Waals surface area contributed by atoms with E-state index in [-0.39, 0.29) is 0 Å². The molecule has 0 bridgehead atoms. The molecule has 4 atom stereocenters. The van der Waals surface area contributed by atoms with Crippen LogP contribution in [0.3, 0.4) is 0 Å². The third kappa shape index (κ3) is 2.98. The van der Waals surface area contributed by atoms with Crippen LogP contribution in [0.2, 0.25) is 0 Å². The second-order valence-electron chi connectivity index (χ2n) is 6.17. The maximum Gasteiger partial charge on any atom is 0.00954 e. The van der Waals surface area contributed by atoms with Crippen LogP contribution in [0.15, 0.2) is 0 Å². The molecule has 0 aromatic heterocycles. The first kappa shape index (κ1) is 12.4. The number of nitrogens with zero attached hydrogens (tertiary/aromatic N) is 1. The molecule has 0 spiro atoms. The summed E-state index contributed by atoms with van der Waals surface area (Å²) >= 11 is 0. The summed E-state index contributed by atoms with van der Waals surface area (Å²) in [5.74, 6) is 1.71. The van der Waals surface area contributed by atoms with Gasteiger partial charge in [-0.15, -0.1) is 0 Å². The predicted octanol–water partition coefficient (Wildman–Crippen LogP) is 2.62. The Hall–Kier alpha value is -0.0800. The molecular formula is C14H28N2. The molecule has 2 nitrogen and oxygen atoms in total. The van der Waals surface area contributed by atoms with Crippen molar-refractivity contribution in [2.45, 2.75) is 64.5 Å². The Morgan fingerprint density at radius 3 is 2.62 bits per heavy atom. The topological polar surface area (TPSA) is 29.3 Å². The summed E-state index contributed by atoms with van der Waals surface area (Å²) in [6.07, 6.45) is 8.49. The zero-order chi connectivity index (χ0) is 11.5. The van der Waals surface area contributed by atoms with E-state index < -0.39 is 0 Å². The van der Waals surface area contributed by atoms with Gasteiger partial charge in [0.05, 0.1) is 0 Å². The fourth-order valence-electron chi connectivity index (χ4n) is 3.41. The lowest BCUT2D eigenvalue weighted by Crippen LogP contribution is -2.35. The van der Waals surface area contributed by atoms with Crippen LogP contribution < -0.4 is 5.73 Å². The maximum absolute atomic E-state index is 6.02. The first-order chi connectivity index (χ1) is 7.66. The van der Waals surface area contributed by atoms with Crippen LogP contribution in [0.1, 0.15) is 52.4 Å². The lowest BCUT2D eigenvalue weighted by atomic mass is 10.0. The van der Waals surface area contributed by atoms with Gasteiger partial charge in [0.2, 0.25) is 0 Å². The van der Waals surface area contributed by atoms with Gasteiger partial charge < -0.3 is 10.6 Å². The minimum absolute atomic E-state index is 0.384. The molecule has 0 aromatic carbocycles. The molecule has 0 amide bonds. The lowest BCUT2D eigenvalue weighted by molar-refractivity contribution is 0.209. The van der Waals surface area contributed by atoms with Crippen molar-refractivity contribution in [3.63, 3.8) is 0 Å². The number of likely N-dealkylation sites (tertiary alicyclic amines) is 1. The van der Waals surface area contributed by atoms with Gasteiger partial charge in [0, 0.05) is 18.6 Å². The van der Waals surface area contributed by atoms with E-state index in [2.05, 4.69) is 18.7 Å². The summed E-state index contributed by atoms with van der Waals surface area (Å²) in [7, 11) is 0. The van der Waals surface area contributed by atoms with E-state index in [0.29, 0.717) is 6.04 Å². The molecule has 0 radical (unpaired) electrons. The summed E-state index contributed by atoms with van der Waals surface area (Å²) in [5, 5.41) is 0. The molecule has 4 unspecified atom stereocenters. The molecule has 1 aliphatic carbocycles. The summed E-state index contributed by atoms with van der Waals surface area (Å²) in [6, 6.07) is 1.25. The molecule has 2 aliphatic rings. The number of hydrogen-bond acceptors (Lipinski definition) is 2. The summed E-state index contributed by atoms with van der Waals surface area (Å²) < 4.78 is 0. The van der Waals surface area contributed by atoms with E-state index in [9.17, 15) is 0 Å². The van der Waals surface area contributed by atoms with Crippen molar-refractivity contribution in [2.75, 3.05) is 13.1 Å². The first-order valence-electron chi connectivity index (χ1n) is 7.16. The average Bonchev–Trinajstić information content (AvgIpc) is 2.63. The van der Waals surface area contributed by atoms with Gasteiger partial charge in [0.1, 0.15) is 0 Å². The monoisotopic (exact) mass is 224 g/mol. The van der Waals surface area contributed by atoms with Crippen LogP contribution in [-0.2, 0) is 0 Å². The summed E-state index contributed by atoms with van der Waals surface area (Å²) in [5.41, 5.74) is 6.02. The summed E-state index contributed by atoms with van der Waals surface area (Å²) in [6.45, 7) is 7.14. The molecule has 2 heteroatoms. The van der Waals surface area contributed by atoms with Gasteiger partial charge in [0.25, 0.3) is 0 Å². The van der Waals surface area contributed by atoms with Gasteiger partial charge in [0.15, 0.2) is 0 Å². The SMILES string of the molecule is CC1CCCC(N2CCC(C(C)N)C2)CC1. The van der Waals surface area contributed by atoms with E-state index in [4.69, 9.17) is 5.73 Å². The highest BCUT2D eigenvalue weighted by atomic mass is 15.2. The molecule has 1 aliphatic heterocycles. The van der Waals surface area contributed by atoms with Crippen molar-refractivity contribution >= 4 is 0 Å². The zero-order valence-corrected chi connectivity index (χ0v) is 11.0. The molecule has 16 heavy (non-hydrogen) atoms. The normalized spacial score (nSPS) is 39.6. The van der Waals surface area contributed by atoms with Crippen LogP contribution in [0.25, 0.3) is 0 Å². The standard InChI is InChI=1S/C14H28N2/c1-11-4-3-5-14(7-6-11)16-9-8-13(10-16)12(2)15/h11-14H,3-10,15H2,1-2H3. The lowest BCUT2D eigenvalue weighted by Gasteiger charge is -2.27. The minimum Gasteiger partial charge on any atom is -0.328 e. The van der Waals surface area contributed by atoms with E-state index in [1.54, 1.807) is 0 Å². The van der Waals surface area contributed by atoms with Gasteiger partial charge in [-0.3, -0.25) is 0 Å². The van der Waals surface area contributed by atoms with Gasteiger partial charge in [-0.25, -0.2) is 0 Å². The fourth-order valence-corrected chi connectivity index (χ4v) is 3.41. The Balaban J connectivity index is 1.84. The van der Waals surface area contributed by atoms with Crippen LogP contribution in [0, 0.1) is 11.8 Å². The second-order valence-corrected chi connectivity index (χ2v) is 6.17. The number of hydrogen-bond donors (Lipinski definition) is 1. The first-order valence-corrected chi connectivity index (χ1v) is 7.16. The van der Waals surface area contributed by atoms with Crippen LogP contribution in [0.4, 0.5) is 0 Å². The Morgan fingerprint density at radius 1 is 1.12 bits per heavy atom.